The standard InChI is InChI=1S/C14H9Br2ClN2O/c15-10-6-8(20-14(10)16)7-19-12-4-3-11(17)9-2-1-5-18-13(9)12/h1-6,19H,7H2. The van der Waals surface area contributed by atoms with Crippen molar-refractivity contribution in [1.29, 1.82) is 0 Å². The lowest BCUT2D eigenvalue weighted by atomic mass is 10.2. The third-order valence-electron chi connectivity index (χ3n) is 2.87. The second kappa shape index (κ2) is 5.76. The molecule has 1 N–H and O–H groups in total. The largest absolute Gasteiger partial charge is 0.451 e. The molecule has 0 bridgehead atoms. The first-order chi connectivity index (χ1) is 9.65. The van der Waals surface area contributed by atoms with Crippen LogP contribution in [0.1, 0.15) is 5.76 Å². The van der Waals surface area contributed by atoms with Gasteiger partial charge in [-0.2, -0.15) is 0 Å². The number of nitrogens with zero attached hydrogens (tertiary/aromatic N) is 1. The van der Waals surface area contributed by atoms with Crippen LogP contribution in [0.25, 0.3) is 10.9 Å². The molecule has 0 saturated carbocycles. The van der Waals surface area contributed by atoms with Crippen LogP contribution in [0, 0.1) is 0 Å². The highest BCUT2D eigenvalue weighted by Gasteiger charge is 2.08. The number of furan rings is 1. The van der Waals surface area contributed by atoms with Gasteiger partial charge in [0.05, 0.1) is 27.2 Å². The van der Waals surface area contributed by atoms with Crippen LogP contribution in [-0.4, -0.2) is 4.98 Å². The fraction of sp³-hybridized carbons (Fsp3) is 0.0714. The van der Waals surface area contributed by atoms with E-state index < -0.39 is 0 Å². The topological polar surface area (TPSA) is 38.1 Å². The second-order valence-corrected chi connectivity index (χ2v) is 6.16. The Bertz CT molecular complexity index is 753. The quantitative estimate of drug-likeness (QED) is 0.602. The minimum Gasteiger partial charge on any atom is -0.451 e. The van der Waals surface area contributed by atoms with Gasteiger partial charge in [-0.3, -0.25) is 4.98 Å². The number of nitrogens with one attached hydrogen (secondary N) is 1. The number of rotatable bonds is 3. The van der Waals surface area contributed by atoms with Crippen molar-refractivity contribution in [2.24, 2.45) is 0 Å². The highest BCUT2D eigenvalue weighted by Crippen LogP contribution is 2.30. The van der Waals surface area contributed by atoms with E-state index in [1.165, 1.54) is 0 Å². The first kappa shape index (κ1) is 13.9. The molecular weight excluding hydrogens is 407 g/mol. The molecule has 0 aliphatic rings. The molecule has 0 atom stereocenters. The number of anilines is 1. The van der Waals surface area contributed by atoms with E-state index >= 15 is 0 Å². The summed E-state index contributed by atoms with van der Waals surface area (Å²) in [5.74, 6) is 0.822. The van der Waals surface area contributed by atoms with Gasteiger partial charge in [0.25, 0.3) is 0 Å². The highest BCUT2D eigenvalue weighted by molar-refractivity contribution is 9.13. The number of halogens is 3. The molecule has 20 heavy (non-hydrogen) atoms. The van der Waals surface area contributed by atoms with Crippen LogP contribution in [0.5, 0.6) is 0 Å². The van der Waals surface area contributed by atoms with E-state index in [4.69, 9.17) is 16.0 Å². The zero-order valence-corrected chi connectivity index (χ0v) is 14.1. The number of hydrogen-bond acceptors (Lipinski definition) is 3. The van der Waals surface area contributed by atoms with Gasteiger partial charge in [0.2, 0.25) is 0 Å². The molecule has 102 valence electrons. The van der Waals surface area contributed by atoms with E-state index in [0.717, 1.165) is 26.8 Å². The molecule has 0 radical (unpaired) electrons. The van der Waals surface area contributed by atoms with Crippen LogP contribution >= 0.6 is 43.5 Å². The number of aromatic nitrogens is 1. The minimum atomic E-state index is 0.567. The SMILES string of the molecule is Clc1ccc(NCc2cc(Br)c(Br)o2)c2ncccc12. The van der Waals surface area contributed by atoms with Crippen LogP contribution in [0.2, 0.25) is 5.02 Å². The maximum atomic E-state index is 6.17. The maximum Gasteiger partial charge on any atom is 0.183 e. The fourth-order valence-electron chi connectivity index (χ4n) is 1.94. The Balaban J connectivity index is 1.89. The summed E-state index contributed by atoms with van der Waals surface area (Å²) < 4.78 is 7.12. The molecule has 1 aromatic carbocycles. The van der Waals surface area contributed by atoms with Gasteiger partial charge in [-0.15, -0.1) is 0 Å². The van der Waals surface area contributed by atoms with Crippen molar-refractivity contribution >= 4 is 60.1 Å². The lowest BCUT2D eigenvalue weighted by Crippen LogP contribution is -1.99. The Labute approximate surface area is 137 Å². The Kier molecular flexibility index (Phi) is 4.01. The Morgan fingerprint density at radius 2 is 2.10 bits per heavy atom. The molecule has 2 aromatic heterocycles. The van der Waals surface area contributed by atoms with Gasteiger partial charge in [0, 0.05) is 11.6 Å². The van der Waals surface area contributed by atoms with Gasteiger partial charge < -0.3 is 9.73 Å². The predicted octanol–water partition coefficient (Wildman–Crippen LogP) is 5.62. The summed E-state index contributed by atoms with van der Waals surface area (Å²) in [5, 5.41) is 4.94. The molecule has 0 unspecified atom stereocenters. The Hall–Kier alpha value is -1.04. The van der Waals surface area contributed by atoms with E-state index in [1.807, 2.05) is 30.3 Å². The highest BCUT2D eigenvalue weighted by atomic mass is 79.9. The summed E-state index contributed by atoms with van der Waals surface area (Å²) in [5.41, 5.74) is 1.78. The van der Waals surface area contributed by atoms with Crippen molar-refractivity contribution in [3.63, 3.8) is 0 Å². The van der Waals surface area contributed by atoms with E-state index in [0.29, 0.717) is 16.2 Å². The van der Waals surface area contributed by atoms with Crippen molar-refractivity contribution in [1.82, 2.24) is 4.98 Å². The molecule has 2 heterocycles. The van der Waals surface area contributed by atoms with Crippen molar-refractivity contribution in [3.05, 3.63) is 56.5 Å². The molecule has 0 saturated heterocycles. The van der Waals surface area contributed by atoms with E-state index in [-0.39, 0.29) is 0 Å². The van der Waals surface area contributed by atoms with Crippen LogP contribution in [-0.2, 0) is 6.54 Å². The molecule has 0 fully saturated rings. The summed E-state index contributed by atoms with van der Waals surface area (Å²) >= 11 is 12.9. The average molecular weight is 417 g/mol. The molecular formula is C14H9Br2ClN2O. The lowest BCUT2D eigenvalue weighted by Gasteiger charge is -2.08. The first-order valence-corrected chi connectivity index (χ1v) is 7.82. The molecule has 3 aromatic rings. The summed E-state index contributed by atoms with van der Waals surface area (Å²) in [6.45, 7) is 0.567. The lowest BCUT2D eigenvalue weighted by molar-refractivity contribution is 0.494. The summed E-state index contributed by atoms with van der Waals surface area (Å²) in [7, 11) is 0. The molecule has 0 spiro atoms. The summed E-state index contributed by atoms with van der Waals surface area (Å²) in [6.07, 6.45) is 1.75. The molecule has 3 nitrogen and oxygen atoms in total. The van der Waals surface area contributed by atoms with E-state index in [2.05, 4.69) is 42.2 Å². The Morgan fingerprint density at radius 1 is 1.25 bits per heavy atom. The van der Waals surface area contributed by atoms with E-state index in [1.54, 1.807) is 6.20 Å². The first-order valence-electron chi connectivity index (χ1n) is 5.86. The molecule has 0 amide bonds. The fourth-order valence-corrected chi connectivity index (χ4v) is 2.82. The molecule has 6 heteroatoms. The summed E-state index contributed by atoms with van der Waals surface area (Å²) in [4.78, 5) is 4.38. The normalized spacial score (nSPS) is 10.9. The monoisotopic (exact) mass is 414 g/mol. The smallest absolute Gasteiger partial charge is 0.183 e. The minimum absolute atomic E-state index is 0.567. The second-order valence-electron chi connectivity index (χ2n) is 4.18. The maximum absolute atomic E-state index is 6.17. The van der Waals surface area contributed by atoms with Crippen LogP contribution in [0.4, 0.5) is 5.69 Å². The number of pyridine rings is 1. The number of benzene rings is 1. The van der Waals surface area contributed by atoms with Crippen LogP contribution in [0.3, 0.4) is 0 Å². The van der Waals surface area contributed by atoms with Crippen LogP contribution < -0.4 is 5.32 Å². The van der Waals surface area contributed by atoms with Crippen molar-refractivity contribution in [3.8, 4) is 0 Å². The molecule has 0 aliphatic carbocycles. The van der Waals surface area contributed by atoms with Crippen molar-refractivity contribution in [2.45, 2.75) is 6.54 Å². The van der Waals surface area contributed by atoms with Crippen molar-refractivity contribution < 1.29 is 4.42 Å². The zero-order chi connectivity index (χ0) is 14.1. The molecule has 0 aliphatic heterocycles. The van der Waals surface area contributed by atoms with Gasteiger partial charge in [-0.1, -0.05) is 11.6 Å². The predicted molar refractivity (Wildman–Crippen MR) is 88.2 cm³/mol. The van der Waals surface area contributed by atoms with Gasteiger partial charge in [0.15, 0.2) is 4.67 Å². The van der Waals surface area contributed by atoms with Gasteiger partial charge in [0.1, 0.15) is 5.76 Å². The van der Waals surface area contributed by atoms with Gasteiger partial charge in [-0.05, 0) is 62.2 Å². The third-order valence-corrected chi connectivity index (χ3v) is 4.91. The van der Waals surface area contributed by atoms with Crippen LogP contribution in [0.15, 0.2) is 50.1 Å². The average Bonchev–Trinajstić information content (AvgIpc) is 2.77. The summed E-state index contributed by atoms with van der Waals surface area (Å²) in [6, 6.07) is 9.53. The third kappa shape index (κ3) is 2.71. The van der Waals surface area contributed by atoms with Crippen molar-refractivity contribution in [2.75, 3.05) is 5.32 Å². The zero-order valence-electron chi connectivity index (χ0n) is 10.2. The Morgan fingerprint density at radius 3 is 2.85 bits per heavy atom. The van der Waals surface area contributed by atoms with Gasteiger partial charge in [-0.25, -0.2) is 0 Å². The molecule has 3 rings (SSSR count). The van der Waals surface area contributed by atoms with E-state index in [9.17, 15) is 0 Å². The van der Waals surface area contributed by atoms with Gasteiger partial charge >= 0.3 is 0 Å². The number of hydrogen-bond donors (Lipinski definition) is 1. The number of fused-ring (bicyclic) bond motifs is 1.